The number of amides is 3. The normalized spacial score (nSPS) is 17.6. The maximum absolute atomic E-state index is 12.9. The first-order valence-corrected chi connectivity index (χ1v) is 10.6. The van der Waals surface area contributed by atoms with Gasteiger partial charge in [0.25, 0.3) is 5.91 Å². The number of hydrogen-bond donors (Lipinski definition) is 1. The first kappa shape index (κ1) is 19.1. The number of pyridine rings is 1. The lowest BCUT2D eigenvalue weighted by atomic mass is 9.60. The number of urea groups is 1. The van der Waals surface area contributed by atoms with Crippen molar-refractivity contribution in [1.82, 2.24) is 29.0 Å². The lowest BCUT2D eigenvalue weighted by molar-refractivity contribution is -0.0787. The number of nitrogens with zero attached hydrogens (tertiary/aromatic N) is 6. The second kappa shape index (κ2) is 6.83. The molecule has 0 unspecified atom stereocenters. The molecule has 2 fully saturated rings. The lowest BCUT2D eigenvalue weighted by Crippen LogP contribution is -2.67. The molecule has 4 heterocycles. The SMILES string of the molecule is CN(C(=O)Nc1cc(Br)ccn1)C1CC2(C1)CN(C(=O)c1cnn3ccn(C)c13)C2. The van der Waals surface area contributed by atoms with Gasteiger partial charge in [0, 0.05) is 61.7 Å². The van der Waals surface area contributed by atoms with E-state index in [2.05, 4.69) is 31.3 Å². The number of aromatic nitrogens is 4. The highest BCUT2D eigenvalue weighted by molar-refractivity contribution is 9.10. The van der Waals surface area contributed by atoms with E-state index in [0.717, 1.165) is 36.1 Å². The van der Waals surface area contributed by atoms with Crippen molar-refractivity contribution in [3.63, 3.8) is 0 Å². The summed E-state index contributed by atoms with van der Waals surface area (Å²) < 4.78 is 4.49. The summed E-state index contributed by atoms with van der Waals surface area (Å²) >= 11 is 3.38. The van der Waals surface area contributed by atoms with Crippen molar-refractivity contribution in [3.8, 4) is 0 Å². The third-order valence-electron chi connectivity index (χ3n) is 6.27. The number of halogens is 1. The standard InChI is InChI=1S/C20H22BrN7O2/c1-25-5-6-28-17(25)15(10-23-28)18(29)27-11-20(12-27)8-14(9-20)26(2)19(30)24-16-7-13(21)3-4-22-16/h3-7,10,14H,8-9,11-12H2,1-2H3,(H,22,24,30). The number of hydrogen-bond acceptors (Lipinski definition) is 4. The maximum atomic E-state index is 12.9. The molecule has 30 heavy (non-hydrogen) atoms. The van der Waals surface area contributed by atoms with Gasteiger partial charge in [-0.05, 0) is 25.0 Å². The Balaban J connectivity index is 1.16. The number of rotatable bonds is 3. The van der Waals surface area contributed by atoms with Crippen LogP contribution in [0.3, 0.4) is 0 Å². The molecule has 156 valence electrons. The highest BCUT2D eigenvalue weighted by Crippen LogP contribution is 2.50. The summed E-state index contributed by atoms with van der Waals surface area (Å²) in [5.41, 5.74) is 1.57. The van der Waals surface area contributed by atoms with E-state index in [1.54, 1.807) is 27.9 Å². The molecule has 0 aromatic carbocycles. The molecule has 0 radical (unpaired) electrons. The molecule has 0 atom stereocenters. The minimum atomic E-state index is -0.168. The number of likely N-dealkylation sites (tertiary alicyclic amines) is 1. The van der Waals surface area contributed by atoms with Gasteiger partial charge in [-0.1, -0.05) is 15.9 Å². The second-order valence-corrected chi connectivity index (χ2v) is 9.27. The Kier molecular flexibility index (Phi) is 4.35. The van der Waals surface area contributed by atoms with Crippen molar-refractivity contribution in [2.24, 2.45) is 12.5 Å². The molecule has 1 aliphatic carbocycles. The van der Waals surface area contributed by atoms with Crippen molar-refractivity contribution >= 4 is 39.3 Å². The van der Waals surface area contributed by atoms with Crippen LogP contribution in [-0.2, 0) is 7.05 Å². The molecule has 5 rings (SSSR count). The molecule has 3 aromatic rings. The van der Waals surface area contributed by atoms with E-state index in [9.17, 15) is 9.59 Å². The third-order valence-corrected chi connectivity index (χ3v) is 6.76. The van der Waals surface area contributed by atoms with Crippen LogP contribution < -0.4 is 5.32 Å². The van der Waals surface area contributed by atoms with Crippen LogP contribution in [0.2, 0.25) is 0 Å². The molecular weight excluding hydrogens is 450 g/mol. The summed E-state index contributed by atoms with van der Waals surface area (Å²) in [6.07, 6.45) is 8.81. The fourth-order valence-corrected chi connectivity index (χ4v) is 4.92. The number of nitrogens with one attached hydrogen (secondary N) is 1. The summed E-state index contributed by atoms with van der Waals surface area (Å²) in [6, 6.07) is 3.58. The Morgan fingerprint density at radius 2 is 2.07 bits per heavy atom. The molecule has 10 heteroatoms. The minimum Gasteiger partial charge on any atom is -0.337 e. The summed E-state index contributed by atoms with van der Waals surface area (Å²) in [4.78, 5) is 33.2. The number of imidazole rings is 1. The van der Waals surface area contributed by atoms with E-state index >= 15 is 0 Å². The van der Waals surface area contributed by atoms with Gasteiger partial charge in [0.2, 0.25) is 0 Å². The summed E-state index contributed by atoms with van der Waals surface area (Å²) in [5.74, 6) is 0.538. The predicted octanol–water partition coefficient (Wildman–Crippen LogP) is 2.60. The molecule has 1 aliphatic heterocycles. The molecular formula is C20H22BrN7O2. The molecule has 0 bridgehead atoms. The van der Waals surface area contributed by atoms with Gasteiger partial charge in [-0.3, -0.25) is 10.1 Å². The number of anilines is 1. The molecule has 9 nitrogen and oxygen atoms in total. The van der Waals surface area contributed by atoms with Crippen LogP contribution in [0.25, 0.3) is 5.65 Å². The number of fused-ring (bicyclic) bond motifs is 1. The van der Waals surface area contributed by atoms with Crippen molar-refractivity contribution < 1.29 is 9.59 Å². The van der Waals surface area contributed by atoms with Gasteiger partial charge in [0.15, 0.2) is 0 Å². The van der Waals surface area contributed by atoms with Gasteiger partial charge in [0.1, 0.15) is 17.0 Å². The smallest absolute Gasteiger partial charge is 0.322 e. The van der Waals surface area contributed by atoms with Crippen LogP contribution >= 0.6 is 15.9 Å². The molecule has 1 saturated carbocycles. The topological polar surface area (TPSA) is 87.8 Å². The molecule has 3 amide bonds. The van der Waals surface area contributed by atoms with Crippen molar-refractivity contribution in [1.29, 1.82) is 0 Å². The monoisotopic (exact) mass is 471 g/mol. The number of carbonyl (C=O) groups excluding carboxylic acids is 2. The van der Waals surface area contributed by atoms with Crippen molar-refractivity contribution in [2.75, 3.05) is 25.5 Å². The fourth-order valence-electron chi connectivity index (χ4n) is 4.59. The van der Waals surface area contributed by atoms with Crippen LogP contribution in [0, 0.1) is 5.41 Å². The van der Waals surface area contributed by atoms with Crippen molar-refractivity contribution in [2.45, 2.75) is 18.9 Å². The molecule has 1 spiro atoms. The van der Waals surface area contributed by atoms with Crippen LogP contribution in [0.15, 0.2) is 41.4 Å². The van der Waals surface area contributed by atoms with Gasteiger partial charge < -0.3 is 14.4 Å². The Morgan fingerprint density at radius 1 is 1.30 bits per heavy atom. The first-order chi connectivity index (χ1) is 14.3. The average molecular weight is 472 g/mol. The number of aryl methyl sites for hydroxylation is 1. The zero-order valence-corrected chi connectivity index (χ0v) is 18.3. The molecule has 1 saturated heterocycles. The zero-order valence-electron chi connectivity index (χ0n) is 16.7. The molecule has 3 aromatic heterocycles. The highest BCUT2D eigenvalue weighted by Gasteiger charge is 2.55. The summed E-state index contributed by atoms with van der Waals surface area (Å²) in [5, 5.41) is 7.09. The Hall–Kier alpha value is -2.88. The van der Waals surface area contributed by atoms with E-state index in [1.165, 1.54) is 0 Å². The van der Waals surface area contributed by atoms with E-state index in [1.807, 2.05) is 42.0 Å². The van der Waals surface area contributed by atoms with Crippen LogP contribution in [-0.4, -0.2) is 67.1 Å². The molecule has 1 N–H and O–H groups in total. The quantitative estimate of drug-likeness (QED) is 0.635. The lowest BCUT2D eigenvalue weighted by Gasteiger charge is -2.60. The fraction of sp³-hybridized carbons (Fsp3) is 0.400. The Bertz CT molecular complexity index is 1140. The highest BCUT2D eigenvalue weighted by atomic mass is 79.9. The zero-order chi connectivity index (χ0) is 21.0. The maximum Gasteiger partial charge on any atom is 0.322 e. The summed E-state index contributed by atoms with van der Waals surface area (Å²) in [7, 11) is 3.72. The van der Waals surface area contributed by atoms with Crippen LogP contribution in [0.4, 0.5) is 10.6 Å². The summed E-state index contributed by atoms with van der Waals surface area (Å²) in [6.45, 7) is 1.46. The van der Waals surface area contributed by atoms with Gasteiger partial charge >= 0.3 is 6.03 Å². The van der Waals surface area contributed by atoms with E-state index in [-0.39, 0.29) is 23.4 Å². The minimum absolute atomic E-state index is 0.0210. The average Bonchev–Trinajstić information content (AvgIpc) is 3.22. The van der Waals surface area contributed by atoms with Crippen molar-refractivity contribution in [3.05, 3.63) is 47.0 Å². The van der Waals surface area contributed by atoms with Gasteiger partial charge in [-0.25, -0.2) is 14.3 Å². The van der Waals surface area contributed by atoms with Gasteiger partial charge in [0.05, 0.1) is 6.20 Å². The largest absolute Gasteiger partial charge is 0.337 e. The van der Waals surface area contributed by atoms with E-state index in [0.29, 0.717) is 11.4 Å². The third kappa shape index (κ3) is 3.06. The second-order valence-electron chi connectivity index (χ2n) is 8.36. The van der Waals surface area contributed by atoms with E-state index in [4.69, 9.17) is 0 Å². The van der Waals surface area contributed by atoms with E-state index < -0.39 is 0 Å². The Labute approximate surface area is 181 Å². The first-order valence-electron chi connectivity index (χ1n) is 9.79. The Morgan fingerprint density at radius 3 is 2.80 bits per heavy atom. The predicted molar refractivity (Wildman–Crippen MR) is 114 cm³/mol. The van der Waals surface area contributed by atoms with Gasteiger partial charge in [-0.15, -0.1) is 0 Å². The number of carbonyl (C=O) groups is 2. The molecule has 2 aliphatic rings. The van der Waals surface area contributed by atoms with Gasteiger partial charge in [-0.2, -0.15) is 5.10 Å². The van der Waals surface area contributed by atoms with Crippen LogP contribution in [0.1, 0.15) is 23.2 Å². The van der Waals surface area contributed by atoms with Crippen LogP contribution in [0.5, 0.6) is 0 Å².